The Kier molecular flexibility index (Phi) is 4.16. The molecule has 2 heterocycles. The second-order valence-corrected chi connectivity index (χ2v) is 4.67. The summed E-state index contributed by atoms with van der Waals surface area (Å²) in [6.45, 7) is 4.08. The molecule has 0 saturated heterocycles. The number of pyridine rings is 1. The quantitative estimate of drug-likeness (QED) is 0.873. The molecule has 0 saturated carbocycles. The number of tetrazole rings is 1. The van der Waals surface area contributed by atoms with Crippen LogP contribution in [0, 0.1) is 5.82 Å². The lowest BCUT2D eigenvalue weighted by Gasteiger charge is -2.19. The van der Waals surface area contributed by atoms with Gasteiger partial charge in [0.25, 0.3) is 0 Å². The summed E-state index contributed by atoms with van der Waals surface area (Å²) in [4.78, 5) is 5.53. The first-order valence-electron chi connectivity index (χ1n) is 6.15. The Balaban J connectivity index is 2.17. The summed E-state index contributed by atoms with van der Waals surface area (Å²) in [7, 11) is 1.72. The van der Waals surface area contributed by atoms with Crippen LogP contribution in [0.2, 0.25) is 0 Å². The van der Waals surface area contributed by atoms with Crippen LogP contribution < -0.4 is 5.32 Å². The van der Waals surface area contributed by atoms with E-state index in [2.05, 4.69) is 25.7 Å². The number of hydrogen-bond donors (Lipinski definition) is 1. The lowest BCUT2D eigenvalue weighted by atomic mass is 10.1. The maximum atomic E-state index is 12.9. The van der Waals surface area contributed by atoms with Gasteiger partial charge < -0.3 is 5.32 Å². The molecule has 0 radical (unpaired) electrons. The van der Waals surface area contributed by atoms with Crippen LogP contribution in [0.5, 0.6) is 0 Å². The van der Waals surface area contributed by atoms with E-state index >= 15 is 0 Å². The van der Waals surface area contributed by atoms with Crippen molar-refractivity contribution in [3.63, 3.8) is 0 Å². The smallest absolute Gasteiger partial charge is 0.176 e. The summed E-state index contributed by atoms with van der Waals surface area (Å²) in [5.41, 5.74) is 0.766. The van der Waals surface area contributed by atoms with Crippen LogP contribution in [0.25, 0.3) is 0 Å². The van der Waals surface area contributed by atoms with E-state index in [9.17, 15) is 4.39 Å². The first-order chi connectivity index (χ1) is 9.04. The Morgan fingerprint density at radius 1 is 1.37 bits per heavy atom. The molecule has 19 heavy (non-hydrogen) atoms. The van der Waals surface area contributed by atoms with E-state index in [1.165, 1.54) is 17.1 Å². The number of aryl methyl sites for hydroxylation is 1. The van der Waals surface area contributed by atoms with Crippen LogP contribution in [0.4, 0.5) is 4.39 Å². The van der Waals surface area contributed by atoms with Crippen molar-refractivity contribution in [1.29, 1.82) is 0 Å². The minimum atomic E-state index is -0.343. The normalized spacial score (nSPS) is 12.9. The molecule has 7 heteroatoms. The third kappa shape index (κ3) is 3.78. The van der Waals surface area contributed by atoms with Gasteiger partial charge in [-0.2, -0.15) is 4.80 Å². The van der Waals surface area contributed by atoms with Crippen LogP contribution in [-0.2, 0) is 13.5 Å². The van der Waals surface area contributed by atoms with Gasteiger partial charge in [0, 0.05) is 12.5 Å². The van der Waals surface area contributed by atoms with Crippen molar-refractivity contribution < 1.29 is 4.39 Å². The lowest BCUT2D eigenvalue weighted by molar-refractivity contribution is 0.456. The average molecular weight is 264 g/mol. The number of aromatic nitrogens is 5. The summed E-state index contributed by atoms with van der Waals surface area (Å²) in [6.07, 6.45) is 1.78. The molecule has 6 nitrogen and oxygen atoms in total. The molecule has 0 amide bonds. The highest BCUT2D eigenvalue weighted by atomic mass is 19.1. The van der Waals surface area contributed by atoms with Gasteiger partial charge in [0.1, 0.15) is 5.82 Å². The average Bonchev–Trinajstić information content (AvgIpc) is 2.74. The highest BCUT2D eigenvalue weighted by molar-refractivity contribution is 5.11. The summed E-state index contributed by atoms with van der Waals surface area (Å²) < 4.78 is 12.9. The number of nitrogens with one attached hydrogen (secondary N) is 1. The van der Waals surface area contributed by atoms with Gasteiger partial charge in [0.05, 0.1) is 25.0 Å². The highest BCUT2D eigenvalue weighted by Gasteiger charge is 2.17. The number of nitrogens with zero attached hydrogens (tertiary/aromatic N) is 5. The van der Waals surface area contributed by atoms with Gasteiger partial charge in [0.2, 0.25) is 0 Å². The second kappa shape index (κ2) is 5.83. The van der Waals surface area contributed by atoms with Crippen molar-refractivity contribution in [2.45, 2.75) is 32.4 Å². The first kappa shape index (κ1) is 13.5. The molecule has 0 aliphatic heterocycles. The van der Waals surface area contributed by atoms with Crippen molar-refractivity contribution in [3.8, 4) is 0 Å². The molecule has 0 spiro atoms. The summed E-state index contributed by atoms with van der Waals surface area (Å²) in [5, 5.41) is 15.3. The molecule has 1 atom stereocenters. The van der Waals surface area contributed by atoms with Gasteiger partial charge >= 0.3 is 0 Å². The Morgan fingerprint density at radius 3 is 2.68 bits per heavy atom. The summed E-state index contributed by atoms with van der Waals surface area (Å²) in [5.74, 6) is 0.288. The molecule has 1 unspecified atom stereocenters. The zero-order chi connectivity index (χ0) is 13.8. The van der Waals surface area contributed by atoms with Crippen molar-refractivity contribution in [3.05, 3.63) is 35.7 Å². The van der Waals surface area contributed by atoms with Crippen molar-refractivity contribution in [2.75, 3.05) is 0 Å². The standard InChI is InChI=1S/C12H17FN6/c1-8(2)15-11(6-12-16-18-19(3)17-12)10-5-4-9(13)7-14-10/h4-5,7-8,11,15H,6H2,1-3H3. The van der Waals surface area contributed by atoms with Crippen LogP contribution in [-0.4, -0.2) is 31.2 Å². The van der Waals surface area contributed by atoms with Gasteiger partial charge in [-0.15, -0.1) is 10.2 Å². The molecule has 1 N–H and O–H groups in total. The molecule has 0 aliphatic rings. The van der Waals surface area contributed by atoms with Crippen molar-refractivity contribution in [2.24, 2.45) is 7.05 Å². The Labute approximate surface area is 111 Å². The van der Waals surface area contributed by atoms with E-state index < -0.39 is 0 Å². The molecule has 0 fully saturated rings. The fourth-order valence-electron chi connectivity index (χ4n) is 1.83. The third-order valence-corrected chi connectivity index (χ3v) is 2.58. The minimum absolute atomic E-state index is 0.0650. The molecule has 2 rings (SSSR count). The number of halogens is 1. The maximum Gasteiger partial charge on any atom is 0.176 e. The molecule has 0 bridgehead atoms. The Morgan fingerprint density at radius 2 is 2.16 bits per heavy atom. The van der Waals surface area contributed by atoms with Gasteiger partial charge in [-0.1, -0.05) is 13.8 Å². The van der Waals surface area contributed by atoms with Gasteiger partial charge in [-0.3, -0.25) is 4.98 Å². The number of rotatable bonds is 5. The van der Waals surface area contributed by atoms with Crippen LogP contribution in [0.3, 0.4) is 0 Å². The van der Waals surface area contributed by atoms with E-state index in [4.69, 9.17) is 0 Å². The fraction of sp³-hybridized carbons (Fsp3) is 0.500. The lowest BCUT2D eigenvalue weighted by Crippen LogP contribution is -2.30. The SMILES string of the molecule is CC(C)NC(Cc1nnn(C)n1)c1ccc(F)cn1. The topological polar surface area (TPSA) is 68.5 Å². The van der Waals surface area contributed by atoms with E-state index in [0.717, 1.165) is 5.69 Å². The van der Waals surface area contributed by atoms with E-state index in [1.54, 1.807) is 13.1 Å². The predicted molar refractivity (Wildman–Crippen MR) is 67.7 cm³/mol. The molecular weight excluding hydrogens is 247 g/mol. The summed E-state index contributed by atoms with van der Waals surface area (Å²) >= 11 is 0. The van der Waals surface area contributed by atoms with Gasteiger partial charge in [-0.05, 0) is 17.3 Å². The van der Waals surface area contributed by atoms with Crippen molar-refractivity contribution in [1.82, 2.24) is 30.5 Å². The van der Waals surface area contributed by atoms with Crippen LogP contribution in [0.15, 0.2) is 18.3 Å². The Hall–Kier alpha value is -1.89. The Bertz CT molecular complexity index is 521. The van der Waals surface area contributed by atoms with Gasteiger partial charge in [0.15, 0.2) is 5.82 Å². The fourth-order valence-corrected chi connectivity index (χ4v) is 1.83. The second-order valence-electron chi connectivity index (χ2n) is 4.67. The molecule has 0 aliphatic carbocycles. The third-order valence-electron chi connectivity index (χ3n) is 2.58. The monoisotopic (exact) mass is 264 g/mol. The van der Waals surface area contributed by atoms with Crippen molar-refractivity contribution >= 4 is 0 Å². The number of hydrogen-bond acceptors (Lipinski definition) is 5. The molecule has 2 aromatic rings. The predicted octanol–water partition coefficient (Wildman–Crippen LogP) is 1.03. The van der Waals surface area contributed by atoms with Crippen LogP contribution in [0.1, 0.15) is 31.4 Å². The minimum Gasteiger partial charge on any atom is -0.306 e. The van der Waals surface area contributed by atoms with E-state index in [-0.39, 0.29) is 17.9 Å². The molecule has 102 valence electrons. The van der Waals surface area contributed by atoms with Gasteiger partial charge in [-0.25, -0.2) is 4.39 Å². The first-order valence-corrected chi connectivity index (χ1v) is 6.15. The van der Waals surface area contributed by atoms with Crippen LogP contribution >= 0.6 is 0 Å². The van der Waals surface area contributed by atoms with E-state index in [1.807, 2.05) is 13.8 Å². The van der Waals surface area contributed by atoms with E-state index in [0.29, 0.717) is 12.2 Å². The highest BCUT2D eigenvalue weighted by Crippen LogP contribution is 2.15. The molecule has 2 aromatic heterocycles. The molecular formula is C12H17FN6. The largest absolute Gasteiger partial charge is 0.306 e. The summed E-state index contributed by atoms with van der Waals surface area (Å²) in [6, 6.07) is 3.28. The zero-order valence-corrected chi connectivity index (χ0v) is 11.2. The maximum absolute atomic E-state index is 12.9. The zero-order valence-electron chi connectivity index (χ0n) is 11.2. The molecule has 0 aromatic carbocycles.